The van der Waals surface area contributed by atoms with Gasteiger partial charge in [0.05, 0.1) is 17.7 Å². The van der Waals surface area contributed by atoms with E-state index in [9.17, 15) is 0 Å². The Bertz CT molecular complexity index is 1080. The van der Waals surface area contributed by atoms with Crippen molar-refractivity contribution >= 4 is 45.3 Å². The Kier molecular flexibility index (Phi) is 5.26. The Labute approximate surface area is 181 Å². The molecular weight excluding hydrogens is 422 g/mol. The largest absolute Gasteiger partial charge is 0.497 e. The number of aromatic nitrogens is 4. The number of nitrogens with one attached hydrogen (secondary N) is 1. The summed E-state index contributed by atoms with van der Waals surface area (Å²) in [6.45, 7) is 0. The van der Waals surface area contributed by atoms with Gasteiger partial charge in [-0.3, -0.25) is 4.57 Å². The maximum Gasteiger partial charge on any atom is 0.192 e. The van der Waals surface area contributed by atoms with Gasteiger partial charge in [-0.15, -0.1) is 32.9 Å². The van der Waals surface area contributed by atoms with Crippen molar-refractivity contribution in [3.63, 3.8) is 0 Å². The molecule has 9 heteroatoms. The van der Waals surface area contributed by atoms with Gasteiger partial charge < -0.3 is 10.1 Å². The van der Waals surface area contributed by atoms with Crippen molar-refractivity contribution in [3.05, 3.63) is 52.9 Å². The number of hydrogen-bond donors (Lipinski definition) is 1. The number of thiazole rings is 1. The van der Waals surface area contributed by atoms with Crippen LogP contribution in [0.5, 0.6) is 5.75 Å². The molecule has 148 valence electrons. The molecule has 0 saturated heterocycles. The summed E-state index contributed by atoms with van der Waals surface area (Å²) in [7, 11) is 1.67. The van der Waals surface area contributed by atoms with Crippen LogP contribution in [0.1, 0.15) is 24.6 Å². The SMILES string of the molecule is COc1ccc(Nc2nc(CSc3nnc(-c4cccs4)n3C3CC3)cs2)cc1. The van der Waals surface area contributed by atoms with E-state index in [-0.39, 0.29) is 0 Å². The lowest BCUT2D eigenvalue weighted by atomic mass is 10.3. The minimum absolute atomic E-state index is 0.535. The topological polar surface area (TPSA) is 64.9 Å². The molecule has 1 saturated carbocycles. The van der Waals surface area contributed by atoms with Gasteiger partial charge in [0.15, 0.2) is 16.1 Å². The fourth-order valence-electron chi connectivity index (χ4n) is 2.98. The molecule has 3 heterocycles. The molecule has 5 rings (SSSR count). The third-order valence-corrected chi connectivity index (χ3v) is 7.21. The van der Waals surface area contributed by atoms with Gasteiger partial charge in [-0.1, -0.05) is 17.8 Å². The Morgan fingerprint density at radius 3 is 2.76 bits per heavy atom. The number of thiophene rings is 1. The minimum Gasteiger partial charge on any atom is -0.497 e. The van der Waals surface area contributed by atoms with Crippen LogP contribution in [0.3, 0.4) is 0 Å². The first-order valence-corrected chi connectivity index (χ1v) is 12.0. The second kappa shape index (κ2) is 8.17. The molecule has 29 heavy (non-hydrogen) atoms. The lowest BCUT2D eigenvalue weighted by Crippen LogP contribution is -1.99. The van der Waals surface area contributed by atoms with Crippen LogP contribution in [0.25, 0.3) is 10.7 Å². The number of rotatable bonds is 8. The van der Waals surface area contributed by atoms with Gasteiger partial charge in [0, 0.05) is 22.9 Å². The quantitative estimate of drug-likeness (QED) is 0.346. The molecule has 0 bridgehead atoms. The van der Waals surface area contributed by atoms with E-state index >= 15 is 0 Å². The van der Waals surface area contributed by atoms with E-state index in [2.05, 4.69) is 43.0 Å². The van der Waals surface area contributed by atoms with Crippen LogP contribution in [0.4, 0.5) is 10.8 Å². The molecule has 0 aliphatic heterocycles. The predicted molar refractivity (Wildman–Crippen MR) is 120 cm³/mol. The number of thioether (sulfide) groups is 1. The van der Waals surface area contributed by atoms with E-state index in [0.29, 0.717) is 6.04 Å². The van der Waals surface area contributed by atoms with Crippen molar-refractivity contribution in [3.8, 4) is 16.5 Å². The molecule has 3 aromatic heterocycles. The highest BCUT2D eigenvalue weighted by Crippen LogP contribution is 2.42. The highest BCUT2D eigenvalue weighted by atomic mass is 32.2. The van der Waals surface area contributed by atoms with Crippen LogP contribution >= 0.6 is 34.4 Å². The minimum atomic E-state index is 0.535. The van der Waals surface area contributed by atoms with Crippen molar-refractivity contribution in [2.75, 3.05) is 12.4 Å². The average Bonchev–Trinajstić information content (AvgIpc) is 3.14. The van der Waals surface area contributed by atoms with Gasteiger partial charge in [0.2, 0.25) is 0 Å². The van der Waals surface area contributed by atoms with Crippen LogP contribution in [-0.2, 0) is 5.75 Å². The van der Waals surface area contributed by atoms with E-state index in [1.54, 1.807) is 41.5 Å². The van der Waals surface area contributed by atoms with E-state index in [0.717, 1.165) is 39.0 Å². The summed E-state index contributed by atoms with van der Waals surface area (Å²) in [6.07, 6.45) is 2.41. The third kappa shape index (κ3) is 4.17. The number of ether oxygens (including phenoxy) is 1. The monoisotopic (exact) mass is 441 g/mol. The summed E-state index contributed by atoms with van der Waals surface area (Å²) < 4.78 is 7.50. The first-order valence-electron chi connectivity index (χ1n) is 9.27. The Hall–Kier alpha value is -2.36. The highest BCUT2D eigenvalue weighted by Gasteiger charge is 2.30. The summed E-state index contributed by atoms with van der Waals surface area (Å²) in [5.41, 5.74) is 2.03. The Morgan fingerprint density at radius 2 is 2.03 bits per heavy atom. The Balaban J connectivity index is 1.26. The van der Waals surface area contributed by atoms with Crippen molar-refractivity contribution in [1.82, 2.24) is 19.7 Å². The van der Waals surface area contributed by atoms with Gasteiger partial charge >= 0.3 is 0 Å². The number of benzene rings is 1. The second-order valence-corrected chi connectivity index (χ2v) is 9.42. The molecule has 1 fully saturated rings. The van der Waals surface area contributed by atoms with Crippen molar-refractivity contribution in [2.24, 2.45) is 0 Å². The predicted octanol–water partition coefficient (Wildman–Crippen LogP) is 5.84. The van der Waals surface area contributed by atoms with Gasteiger partial charge in [0.1, 0.15) is 5.75 Å². The molecule has 4 aromatic rings. The zero-order valence-electron chi connectivity index (χ0n) is 15.7. The molecule has 1 N–H and O–H groups in total. The van der Waals surface area contributed by atoms with Gasteiger partial charge in [-0.05, 0) is 48.6 Å². The van der Waals surface area contributed by atoms with Crippen LogP contribution < -0.4 is 10.1 Å². The summed E-state index contributed by atoms with van der Waals surface area (Å²) >= 11 is 5.02. The van der Waals surface area contributed by atoms with Gasteiger partial charge in [0.25, 0.3) is 0 Å². The molecule has 0 unspecified atom stereocenters. The lowest BCUT2D eigenvalue weighted by Gasteiger charge is -2.07. The van der Waals surface area contributed by atoms with Gasteiger partial charge in [-0.2, -0.15) is 0 Å². The molecule has 6 nitrogen and oxygen atoms in total. The number of methoxy groups -OCH3 is 1. The summed E-state index contributed by atoms with van der Waals surface area (Å²) in [4.78, 5) is 5.89. The normalized spacial score (nSPS) is 13.6. The molecule has 0 spiro atoms. The van der Waals surface area contributed by atoms with Crippen LogP contribution in [0.2, 0.25) is 0 Å². The summed E-state index contributed by atoms with van der Waals surface area (Å²) in [5, 5.41) is 18.3. The molecular formula is C20H19N5OS3. The van der Waals surface area contributed by atoms with E-state index in [1.807, 2.05) is 24.3 Å². The number of hydrogen-bond acceptors (Lipinski definition) is 8. The molecule has 1 aliphatic carbocycles. The molecule has 0 radical (unpaired) electrons. The first kappa shape index (κ1) is 18.7. The number of anilines is 2. The zero-order valence-corrected chi connectivity index (χ0v) is 18.2. The molecule has 0 amide bonds. The number of nitrogens with zero attached hydrogens (tertiary/aromatic N) is 4. The zero-order chi connectivity index (χ0) is 19.6. The highest BCUT2D eigenvalue weighted by molar-refractivity contribution is 7.98. The lowest BCUT2D eigenvalue weighted by molar-refractivity contribution is 0.415. The fraction of sp³-hybridized carbons (Fsp3) is 0.250. The second-order valence-electron chi connectivity index (χ2n) is 6.67. The Morgan fingerprint density at radius 1 is 1.17 bits per heavy atom. The smallest absolute Gasteiger partial charge is 0.192 e. The maximum absolute atomic E-state index is 5.20. The summed E-state index contributed by atoms with van der Waals surface area (Å²) in [6, 6.07) is 12.5. The van der Waals surface area contributed by atoms with Crippen molar-refractivity contribution in [2.45, 2.75) is 29.8 Å². The molecule has 1 aromatic carbocycles. The van der Waals surface area contributed by atoms with Gasteiger partial charge in [-0.25, -0.2) is 4.98 Å². The standard InChI is InChI=1S/C20H19N5OS3/c1-26-16-8-4-13(5-9-16)21-19-22-14(11-28-19)12-29-20-24-23-18(17-3-2-10-27-17)25(20)15-6-7-15/h2-5,8-11,15H,6-7,12H2,1H3,(H,21,22). The molecule has 1 aliphatic rings. The molecule has 0 atom stereocenters. The van der Waals surface area contributed by atoms with E-state index in [1.165, 1.54) is 17.7 Å². The summed E-state index contributed by atoms with van der Waals surface area (Å²) in [5.74, 6) is 2.61. The van der Waals surface area contributed by atoms with Crippen molar-refractivity contribution < 1.29 is 4.74 Å². The third-order valence-electron chi connectivity index (χ3n) is 4.56. The van der Waals surface area contributed by atoms with Crippen LogP contribution in [0.15, 0.2) is 52.3 Å². The average molecular weight is 442 g/mol. The fourth-order valence-corrected chi connectivity index (χ4v) is 5.42. The van der Waals surface area contributed by atoms with Crippen LogP contribution in [-0.4, -0.2) is 26.9 Å². The first-order chi connectivity index (χ1) is 14.3. The van der Waals surface area contributed by atoms with E-state index < -0.39 is 0 Å². The van der Waals surface area contributed by atoms with Crippen LogP contribution in [0, 0.1) is 0 Å². The van der Waals surface area contributed by atoms with E-state index in [4.69, 9.17) is 9.72 Å². The van der Waals surface area contributed by atoms with Crippen molar-refractivity contribution in [1.29, 1.82) is 0 Å². The maximum atomic E-state index is 5.20.